The minimum atomic E-state index is -3.75. The molecule has 0 bridgehead atoms. The van der Waals surface area contributed by atoms with Crippen LogP contribution in [0.15, 0.2) is 65.6 Å². The smallest absolute Gasteiger partial charge is 0.265 e. The fourth-order valence-corrected chi connectivity index (χ4v) is 4.51. The zero-order valence-corrected chi connectivity index (χ0v) is 20.4. The average molecular weight is 467 g/mol. The number of sulfonamides is 1. The van der Waals surface area contributed by atoms with Gasteiger partial charge in [-0.2, -0.15) is 0 Å². The van der Waals surface area contributed by atoms with Gasteiger partial charge in [-0.3, -0.25) is 9.52 Å². The summed E-state index contributed by atoms with van der Waals surface area (Å²) >= 11 is 0. The van der Waals surface area contributed by atoms with Crippen LogP contribution in [-0.4, -0.2) is 20.4 Å². The van der Waals surface area contributed by atoms with E-state index in [4.69, 9.17) is 4.74 Å². The summed E-state index contributed by atoms with van der Waals surface area (Å²) in [5, 5.41) is 2.81. The van der Waals surface area contributed by atoms with Gasteiger partial charge in [0.15, 0.2) is 6.10 Å². The number of rotatable bonds is 8. The van der Waals surface area contributed by atoms with Crippen LogP contribution in [-0.2, 0) is 14.8 Å². The van der Waals surface area contributed by atoms with Crippen molar-refractivity contribution in [3.63, 3.8) is 0 Å². The molecule has 0 aliphatic heterocycles. The van der Waals surface area contributed by atoms with Crippen molar-refractivity contribution in [2.24, 2.45) is 0 Å². The number of nitrogens with one attached hydrogen (secondary N) is 2. The minimum absolute atomic E-state index is 0.110. The first-order valence-electron chi connectivity index (χ1n) is 10.8. The standard InChI is InChI=1S/C26H30N2O4S/c1-6-24(32-25-16-18(3)7-9-19(25)4)26(29)27-21-10-12-22(13-11-21)33(30,31)28-23-14-8-17(2)15-20(23)5/h7-16,24,28H,6H2,1-5H3,(H,27,29)/t24-/m0/s1. The van der Waals surface area contributed by atoms with Gasteiger partial charge in [0.2, 0.25) is 0 Å². The first kappa shape index (κ1) is 24.3. The summed E-state index contributed by atoms with van der Waals surface area (Å²) in [5.41, 5.74) is 4.94. The number of benzene rings is 3. The molecule has 0 heterocycles. The highest BCUT2D eigenvalue weighted by Crippen LogP contribution is 2.24. The van der Waals surface area contributed by atoms with Crippen LogP contribution in [0.1, 0.15) is 35.6 Å². The van der Waals surface area contributed by atoms with Crippen molar-refractivity contribution in [2.45, 2.75) is 52.0 Å². The Kier molecular flexibility index (Phi) is 7.43. The van der Waals surface area contributed by atoms with E-state index < -0.39 is 16.1 Å². The normalized spacial score (nSPS) is 12.2. The van der Waals surface area contributed by atoms with Gasteiger partial charge in [-0.1, -0.05) is 36.8 Å². The fraction of sp³-hybridized carbons (Fsp3) is 0.269. The Hall–Kier alpha value is -3.32. The van der Waals surface area contributed by atoms with E-state index in [1.54, 1.807) is 18.2 Å². The molecule has 0 saturated heterocycles. The third-order valence-electron chi connectivity index (χ3n) is 5.33. The van der Waals surface area contributed by atoms with Crippen molar-refractivity contribution in [3.05, 3.63) is 82.9 Å². The molecule has 0 fully saturated rings. The average Bonchev–Trinajstić information content (AvgIpc) is 2.76. The third-order valence-corrected chi connectivity index (χ3v) is 6.72. The first-order chi connectivity index (χ1) is 15.6. The van der Waals surface area contributed by atoms with E-state index >= 15 is 0 Å². The van der Waals surface area contributed by atoms with Crippen molar-refractivity contribution >= 4 is 27.3 Å². The molecule has 7 heteroatoms. The molecule has 0 aromatic heterocycles. The van der Waals surface area contributed by atoms with E-state index in [1.807, 2.05) is 65.0 Å². The molecule has 33 heavy (non-hydrogen) atoms. The van der Waals surface area contributed by atoms with E-state index in [2.05, 4.69) is 10.0 Å². The first-order valence-corrected chi connectivity index (χ1v) is 12.3. The Morgan fingerprint density at radius 2 is 1.52 bits per heavy atom. The van der Waals surface area contributed by atoms with Crippen LogP contribution < -0.4 is 14.8 Å². The van der Waals surface area contributed by atoms with Gasteiger partial charge in [-0.15, -0.1) is 0 Å². The highest BCUT2D eigenvalue weighted by Gasteiger charge is 2.20. The second-order valence-electron chi connectivity index (χ2n) is 8.22. The zero-order chi connectivity index (χ0) is 24.2. The second-order valence-corrected chi connectivity index (χ2v) is 9.90. The number of ether oxygens (including phenoxy) is 1. The Labute approximate surface area is 196 Å². The molecule has 3 aromatic rings. The summed E-state index contributed by atoms with van der Waals surface area (Å²) in [4.78, 5) is 12.9. The molecule has 0 spiro atoms. The quantitative estimate of drug-likeness (QED) is 0.458. The zero-order valence-electron chi connectivity index (χ0n) is 19.6. The van der Waals surface area contributed by atoms with Gasteiger partial charge in [0, 0.05) is 5.69 Å². The van der Waals surface area contributed by atoms with Gasteiger partial charge >= 0.3 is 0 Å². The summed E-state index contributed by atoms with van der Waals surface area (Å²) in [7, 11) is -3.75. The summed E-state index contributed by atoms with van der Waals surface area (Å²) in [5.74, 6) is 0.387. The number of hydrogen-bond donors (Lipinski definition) is 2. The van der Waals surface area contributed by atoms with E-state index in [9.17, 15) is 13.2 Å². The lowest BCUT2D eigenvalue weighted by Crippen LogP contribution is -2.32. The number of amides is 1. The Morgan fingerprint density at radius 1 is 0.879 bits per heavy atom. The molecule has 3 aromatic carbocycles. The van der Waals surface area contributed by atoms with Gasteiger partial charge in [0.25, 0.3) is 15.9 Å². The molecule has 0 aliphatic carbocycles. The molecular formula is C26H30N2O4S. The van der Waals surface area contributed by atoms with E-state index in [0.29, 0.717) is 23.5 Å². The molecular weight excluding hydrogens is 436 g/mol. The van der Waals surface area contributed by atoms with Crippen molar-refractivity contribution in [1.29, 1.82) is 0 Å². The van der Waals surface area contributed by atoms with Crippen LogP contribution >= 0.6 is 0 Å². The lowest BCUT2D eigenvalue weighted by atomic mass is 10.1. The molecule has 0 radical (unpaired) electrons. The Morgan fingerprint density at radius 3 is 2.15 bits per heavy atom. The molecule has 0 unspecified atom stereocenters. The van der Waals surface area contributed by atoms with E-state index in [0.717, 1.165) is 22.3 Å². The van der Waals surface area contributed by atoms with Gasteiger partial charge in [-0.25, -0.2) is 8.42 Å². The number of carbonyl (C=O) groups is 1. The summed E-state index contributed by atoms with van der Waals surface area (Å²) in [6, 6.07) is 17.5. The van der Waals surface area contributed by atoms with Crippen molar-refractivity contribution in [2.75, 3.05) is 10.0 Å². The minimum Gasteiger partial charge on any atom is -0.480 e. The lowest BCUT2D eigenvalue weighted by molar-refractivity contribution is -0.122. The molecule has 0 saturated carbocycles. The maximum atomic E-state index is 12.8. The third kappa shape index (κ3) is 6.14. The molecule has 1 amide bonds. The largest absolute Gasteiger partial charge is 0.480 e. The highest BCUT2D eigenvalue weighted by molar-refractivity contribution is 7.92. The number of carbonyl (C=O) groups excluding carboxylic acids is 1. The number of anilines is 2. The number of aryl methyl sites for hydroxylation is 4. The molecule has 0 aliphatic rings. The monoisotopic (exact) mass is 466 g/mol. The number of hydrogen-bond acceptors (Lipinski definition) is 4. The van der Waals surface area contributed by atoms with E-state index in [1.165, 1.54) is 12.1 Å². The van der Waals surface area contributed by atoms with Crippen LogP contribution in [0, 0.1) is 27.7 Å². The summed E-state index contributed by atoms with van der Waals surface area (Å²) in [6.07, 6.45) is -0.175. The predicted octanol–water partition coefficient (Wildman–Crippen LogP) is 5.52. The lowest BCUT2D eigenvalue weighted by Gasteiger charge is -2.19. The maximum absolute atomic E-state index is 12.8. The molecule has 3 rings (SSSR count). The van der Waals surface area contributed by atoms with Gasteiger partial charge in [-0.05, 0) is 87.2 Å². The van der Waals surface area contributed by atoms with Gasteiger partial charge in [0.05, 0.1) is 10.6 Å². The van der Waals surface area contributed by atoms with Crippen molar-refractivity contribution < 1.29 is 17.9 Å². The van der Waals surface area contributed by atoms with Crippen LogP contribution in [0.3, 0.4) is 0 Å². The summed E-state index contributed by atoms with van der Waals surface area (Å²) < 4.78 is 34.1. The molecule has 174 valence electrons. The highest BCUT2D eigenvalue weighted by atomic mass is 32.2. The van der Waals surface area contributed by atoms with Crippen molar-refractivity contribution in [1.82, 2.24) is 0 Å². The SMILES string of the molecule is CC[C@H](Oc1cc(C)ccc1C)C(=O)Nc1ccc(S(=O)(=O)Nc2ccc(C)cc2C)cc1. The van der Waals surface area contributed by atoms with Crippen LogP contribution in [0.25, 0.3) is 0 Å². The topological polar surface area (TPSA) is 84.5 Å². The Balaban J connectivity index is 1.69. The fourth-order valence-electron chi connectivity index (χ4n) is 3.38. The molecule has 1 atom stereocenters. The maximum Gasteiger partial charge on any atom is 0.265 e. The predicted molar refractivity (Wildman–Crippen MR) is 132 cm³/mol. The molecule has 2 N–H and O–H groups in total. The summed E-state index contributed by atoms with van der Waals surface area (Å²) in [6.45, 7) is 9.59. The van der Waals surface area contributed by atoms with Crippen LogP contribution in [0.2, 0.25) is 0 Å². The van der Waals surface area contributed by atoms with E-state index in [-0.39, 0.29) is 10.8 Å². The van der Waals surface area contributed by atoms with Gasteiger partial charge < -0.3 is 10.1 Å². The van der Waals surface area contributed by atoms with Crippen LogP contribution in [0.4, 0.5) is 11.4 Å². The second kappa shape index (κ2) is 10.1. The molecule has 6 nitrogen and oxygen atoms in total. The Bertz CT molecular complexity index is 1250. The van der Waals surface area contributed by atoms with Crippen molar-refractivity contribution in [3.8, 4) is 5.75 Å². The van der Waals surface area contributed by atoms with Gasteiger partial charge in [0.1, 0.15) is 5.75 Å². The van der Waals surface area contributed by atoms with Crippen LogP contribution in [0.5, 0.6) is 5.75 Å².